The molecule has 1 aromatic carbocycles. The number of carbonyl (C=O) groups is 1. The number of ether oxygens (including phenoxy) is 1. The van der Waals surface area contributed by atoms with Crippen LogP contribution < -0.4 is 0 Å². The number of aromatic nitrogens is 4. The molecule has 0 aliphatic heterocycles. The molecule has 25 heavy (non-hydrogen) atoms. The maximum atomic E-state index is 12.2. The van der Waals surface area contributed by atoms with Crippen molar-refractivity contribution >= 4 is 29.2 Å². The Kier molecular flexibility index (Phi) is 4.51. The first kappa shape index (κ1) is 16.7. The molecule has 0 saturated carbocycles. The molecule has 0 aliphatic rings. The fourth-order valence-corrected chi connectivity index (χ4v) is 2.46. The molecule has 0 unspecified atom stereocenters. The van der Waals surface area contributed by atoms with Crippen LogP contribution in [-0.4, -0.2) is 57.2 Å². The minimum atomic E-state index is -0.460. The lowest BCUT2D eigenvalue weighted by molar-refractivity contribution is 0.0527. The summed E-state index contributed by atoms with van der Waals surface area (Å²) in [4.78, 5) is 23.0. The highest BCUT2D eigenvalue weighted by molar-refractivity contribution is 5.94. The van der Waals surface area contributed by atoms with Gasteiger partial charge in [0.15, 0.2) is 5.82 Å². The molecule has 0 bridgehead atoms. The lowest BCUT2D eigenvalue weighted by atomic mass is 10.3. The minimum absolute atomic E-state index is 0.285. The van der Waals surface area contributed by atoms with E-state index in [2.05, 4.69) is 15.1 Å². The minimum Gasteiger partial charge on any atom is -0.462 e. The molecule has 0 radical (unpaired) electrons. The van der Waals surface area contributed by atoms with Crippen molar-refractivity contribution in [1.82, 2.24) is 24.2 Å². The summed E-state index contributed by atoms with van der Waals surface area (Å²) >= 11 is 0. The molecular weight excluding hydrogens is 320 g/mol. The van der Waals surface area contributed by atoms with Crippen LogP contribution in [0.1, 0.15) is 17.3 Å². The molecule has 0 N–H and O–H groups in total. The van der Waals surface area contributed by atoms with Gasteiger partial charge in [-0.05, 0) is 19.1 Å². The van der Waals surface area contributed by atoms with Crippen molar-refractivity contribution in [2.75, 3.05) is 20.7 Å². The third-order valence-electron chi connectivity index (χ3n) is 3.60. The van der Waals surface area contributed by atoms with Crippen molar-refractivity contribution < 1.29 is 9.53 Å². The van der Waals surface area contributed by atoms with Crippen LogP contribution in [-0.2, 0) is 11.8 Å². The van der Waals surface area contributed by atoms with E-state index in [0.717, 1.165) is 11.0 Å². The molecule has 8 nitrogen and oxygen atoms in total. The third kappa shape index (κ3) is 3.10. The third-order valence-corrected chi connectivity index (χ3v) is 3.60. The summed E-state index contributed by atoms with van der Waals surface area (Å²) in [5.41, 5.74) is 2.11. The fraction of sp³-hybridized carbons (Fsp3) is 0.294. The van der Waals surface area contributed by atoms with Crippen molar-refractivity contribution in [3.05, 3.63) is 36.0 Å². The number of aryl methyl sites for hydroxylation is 1. The molecule has 0 spiro atoms. The number of carbonyl (C=O) groups excluding carboxylic acids is 1. The Bertz CT molecular complexity index is 938. The Morgan fingerprint density at radius 3 is 2.80 bits per heavy atom. The zero-order valence-corrected chi connectivity index (χ0v) is 14.7. The predicted octanol–water partition coefficient (Wildman–Crippen LogP) is 2.16. The van der Waals surface area contributed by atoms with Gasteiger partial charge < -0.3 is 14.2 Å². The van der Waals surface area contributed by atoms with Crippen molar-refractivity contribution in [3.63, 3.8) is 0 Å². The van der Waals surface area contributed by atoms with Crippen molar-refractivity contribution in [2.24, 2.45) is 12.0 Å². The average Bonchev–Trinajstić information content (AvgIpc) is 3.14. The van der Waals surface area contributed by atoms with Gasteiger partial charge >= 0.3 is 5.97 Å². The van der Waals surface area contributed by atoms with Gasteiger partial charge in [0.05, 0.1) is 30.2 Å². The summed E-state index contributed by atoms with van der Waals surface area (Å²) in [7, 11) is 5.60. The number of nitrogens with zero attached hydrogens (tertiary/aromatic N) is 6. The van der Waals surface area contributed by atoms with Crippen molar-refractivity contribution in [3.8, 4) is 5.95 Å². The van der Waals surface area contributed by atoms with Gasteiger partial charge in [-0.3, -0.25) is 0 Å². The van der Waals surface area contributed by atoms with Crippen LogP contribution in [0.25, 0.3) is 17.0 Å². The summed E-state index contributed by atoms with van der Waals surface area (Å²) in [6.45, 7) is 2.05. The van der Waals surface area contributed by atoms with E-state index in [9.17, 15) is 4.79 Å². The summed E-state index contributed by atoms with van der Waals surface area (Å²) in [6.07, 6.45) is 3.07. The highest BCUT2D eigenvalue weighted by Crippen LogP contribution is 2.25. The Hall–Kier alpha value is -3.16. The monoisotopic (exact) mass is 340 g/mol. The fourth-order valence-electron chi connectivity index (χ4n) is 2.46. The molecule has 0 saturated heterocycles. The van der Waals surface area contributed by atoms with Crippen LogP contribution in [0.2, 0.25) is 0 Å². The lowest BCUT2D eigenvalue weighted by Crippen LogP contribution is -2.10. The van der Waals surface area contributed by atoms with E-state index in [1.54, 1.807) is 22.8 Å². The first-order chi connectivity index (χ1) is 12.0. The largest absolute Gasteiger partial charge is 0.462 e. The normalized spacial score (nSPS) is 11.4. The van der Waals surface area contributed by atoms with E-state index in [1.807, 2.05) is 50.0 Å². The number of benzene rings is 1. The molecule has 8 heteroatoms. The number of para-hydroxylation sites is 2. The molecule has 0 aliphatic carbocycles. The molecule has 0 atom stereocenters. The Morgan fingerprint density at radius 2 is 2.12 bits per heavy atom. The summed E-state index contributed by atoms with van der Waals surface area (Å²) < 4.78 is 8.56. The van der Waals surface area contributed by atoms with Gasteiger partial charge in [-0.25, -0.2) is 14.8 Å². The number of hydrogen-bond acceptors (Lipinski definition) is 5. The standard InChI is InChI=1S/C17H20N6O2/c1-5-25-16(24)12-10-19-23(15(12)18-11-21(2)3)17-20-13-8-6-7-9-14(13)22(17)4/h6-11H,5H2,1-4H3/b18-11+. The smallest absolute Gasteiger partial charge is 0.343 e. The van der Waals surface area contributed by atoms with Gasteiger partial charge in [0.2, 0.25) is 5.95 Å². The second kappa shape index (κ2) is 6.76. The molecule has 0 fully saturated rings. The highest BCUT2D eigenvalue weighted by atomic mass is 16.5. The van der Waals surface area contributed by atoms with Gasteiger partial charge in [-0.2, -0.15) is 9.78 Å². The summed E-state index contributed by atoms with van der Waals surface area (Å²) in [5.74, 6) is 0.492. The van der Waals surface area contributed by atoms with E-state index >= 15 is 0 Å². The van der Waals surface area contributed by atoms with Gasteiger partial charge in [-0.15, -0.1) is 0 Å². The maximum absolute atomic E-state index is 12.2. The van der Waals surface area contributed by atoms with Gasteiger partial charge in [0.1, 0.15) is 5.56 Å². The molecule has 3 rings (SSSR count). The SMILES string of the molecule is CCOC(=O)c1cnn(-c2nc3ccccc3n2C)c1/N=C/N(C)C. The predicted molar refractivity (Wildman–Crippen MR) is 95.6 cm³/mol. The molecule has 130 valence electrons. The molecular formula is C17H20N6O2. The Balaban J connectivity index is 2.17. The average molecular weight is 340 g/mol. The van der Waals surface area contributed by atoms with Crippen LogP contribution >= 0.6 is 0 Å². The Morgan fingerprint density at radius 1 is 1.36 bits per heavy atom. The molecule has 2 aromatic heterocycles. The number of rotatable bonds is 5. The number of esters is 1. The number of hydrogen-bond donors (Lipinski definition) is 0. The van der Waals surface area contributed by atoms with Crippen molar-refractivity contribution in [2.45, 2.75) is 6.92 Å². The van der Waals surface area contributed by atoms with E-state index in [4.69, 9.17) is 4.74 Å². The van der Waals surface area contributed by atoms with Crippen LogP contribution in [0.3, 0.4) is 0 Å². The van der Waals surface area contributed by atoms with E-state index in [0.29, 0.717) is 17.3 Å². The van der Waals surface area contributed by atoms with Gasteiger partial charge in [-0.1, -0.05) is 12.1 Å². The second-order valence-electron chi connectivity index (χ2n) is 5.68. The van der Waals surface area contributed by atoms with E-state index in [-0.39, 0.29) is 6.61 Å². The summed E-state index contributed by atoms with van der Waals surface area (Å²) in [6, 6.07) is 7.78. The maximum Gasteiger partial charge on any atom is 0.343 e. The van der Waals surface area contributed by atoms with Gasteiger partial charge in [0, 0.05) is 21.1 Å². The zero-order valence-electron chi connectivity index (χ0n) is 14.7. The van der Waals surface area contributed by atoms with Crippen LogP contribution in [0.5, 0.6) is 0 Å². The lowest BCUT2D eigenvalue weighted by Gasteiger charge is -2.07. The Labute approximate surface area is 145 Å². The van der Waals surface area contributed by atoms with Crippen LogP contribution in [0.4, 0.5) is 5.82 Å². The molecule has 2 heterocycles. The first-order valence-corrected chi connectivity index (χ1v) is 7.90. The zero-order chi connectivity index (χ0) is 18.0. The van der Waals surface area contributed by atoms with Crippen LogP contribution in [0, 0.1) is 0 Å². The van der Waals surface area contributed by atoms with Crippen molar-refractivity contribution in [1.29, 1.82) is 0 Å². The topological polar surface area (TPSA) is 77.5 Å². The van der Waals surface area contributed by atoms with E-state index in [1.165, 1.54) is 6.20 Å². The quantitative estimate of drug-likeness (QED) is 0.404. The summed E-state index contributed by atoms with van der Waals surface area (Å²) in [5, 5.41) is 4.32. The second-order valence-corrected chi connectivity index (χ2v) is 5.68. The van der Waals surface area contributed by atoms with E-state index < -0.39 is 5.97 Å². The number of aliphatic imine (C=N–C) groups is 1. The molecule has 3 aromatic rings. The van der Waals surface area contributed by atoms with Crippen LogP contribution in [0.15, 0.2) is 35.5 Å². The first-order valence-electron chi connectivity index (χ1n) is 7.90. The highest BCUT2D eigenvalue weighted by Gasteiger charge is 2.22. The number of imidazole rings is 1. The number of fused-ring (bicyclic) bond motifs is 1. The molecule has 0 amide bonds. The van der Waals surface area contributed by atoms with Gasteiger partial charge in [0.25, 0.3) is 0 Å².